The van der Waals surface area contributed by atoms with Gasteiger partial charge in [-0.25, -0.2) is 0 Å². The monoisotopic (exact) mass is 464 g/mol. The van der Waals surface area contributed by atoms with Crippen molar-refractivity contribution in [2.45, 2.75) is 59.7 Å². The van der Waals surface area contributed by atoms with Crippen LogP contribution in [-0.4, -0.2) is 35.4 Å². The quantitative estimate of drug-likeness (QED) is 0.545. The summed E-state index contributed by atoms with van der Waals surface area (Å²) in [6, 6.07) is 10.1. The Morgan fingerprint density at radius 3 is 2.45 bits per heavy atom. The fraction of sp³-hybridized carbons (Fsp3) is 0.417. The van der Waals surface area contributed by atoms with Crippen molar-refractivity contribution < 1.29 is 14.3 Å². The van der Waals surface area contributed by atoms with Crippen molar-refractivity contribution in [3.8, 4) is 5.75 Å². The zero-order chi connectivity index (χ0) is 23.1. The molecule has 0 saturated carbocycles. The van der Waals surface area contributed by atoms with E-state index in [9.17, 15) is 9.59 Å². The van der Waals surface area contributed by atoms with Gasteiger partial charge in [0.05, 0.1) is 0 Å². The second-order valence-corrected chi connectivity index (χ2v) is 8.68. The van der Waals surface area contributed by atoms with Crippen molar-refractivity contribution in [3.05, 3.63) is 63.1 Å². The summed E-state index contributed by atoms with van der Waals surface area (Å²) in [6.07, 6.45) is 0.457. The van der Waals surface area contributed by atoms with Crippen LogP contribution in [-0.2, 0) is 16.1 Å². The van der Waals surface area contributed by atoms with Gasteiger partial charge in [0.25, 0.3) is 5.91 Å². The molecule has 2 amide bonds. The molecule has 2 aromatic carbocycles. The fourth-order valence-electron chi connectivity index (χ4n) is 3.24. The molecule has 168 valence electrons. The van der Waals surface area contributed by atoms with Gasteiger partial charge in [-0.1, -0.05) is 48.3 Å². The molecule has 0 fully saturated rings. The third-order valence-electron chi connectivity index (χ3n) is 5.08. The van der Waals surface area contributed by atoms with Crippen LogP contribution in [0, 0.1) is 13.8 Å². The maximum atomic E-state index is 13.2. The second-order valence-electron chi connectivity index (χ2n) is 7.83. The molecule has 0 radical (unpaired) electrons. The van der Waals surface area contributed by atoms with Gasteiger partial charge in [0.1, 0.15) is 11.8 Å². The van der Waals surface area contributed by atoms with Crippen molar-refractivity contribution in [2.75, 3.05) is 6.61 Å². The van der Waals surface area contributed by atoms with Crippen molar-refractivity contribution in [3.63, 3.8) is 0 Å². The number of hydrogen-bond acceptors (Lipinski definition) is 3. The van der Waals surface area contributed by atoms with E-state index in [4.69, 9.17) is 27.9 Å². The van der Waals surface area contributed by atoms with Crippen LogP contribution in [0.4, 0.5) is 0 Å². The number of benzene rings is 2. The maximum Gasteiger partial charge on any atom is 0.261 e. The number of ether oxygens (including phenoxy) is 1. The molecule has 2 rings (SSSR count). The number of carbonyl (C=O) groups is 2. The topological polar surface area (TPSA) is 58.6 Å². The molecule has 0 spiro atoms. The van der Waals surface area contributed by atoms with E-state index in [-0.39, 0.29) is 31.0 Å². The Morgan fingerprint density at radius 2 is 1.84 bits per heavy atom. The molecule has 0 saturated heterocycles. The number of aryl methyl sites for hydroxylation is 1. The van der Waals surface area contributed by atoms with E-state index in [1.54, 1.807) is 18.2 Å². The van der Waals surface area contributed by atoms with Gasteiger partial charge in [-0.3, -0.25) is 9.59 Å². The van der Waals surface area contributed by atoms with Crippen LogP contribution in [0.15, 0.2) is 36.4 Å². The van der Waals surface area contributed by atoms with Gasteiger partial charge >= 0.3 is 0 Å². The Hall–Kier alpha value is -2.24. The Kier molecular flexibility index (Phi) is 9.20. The van der Waals surface area contributed by atoms with Crippen LogP contribution in [0.1, 0.15) is 43.9 Å². The lowest BCUT2D eigenvalue weighted by Gasteiger charge is -2.31. The summed E-state index contributed by atoms with van der Waals surface area (Å²) in [7, 11) is 0. The van der Waals surface area contributed by atoms with Crippen molar-refractivity contribution in [1.29, 1.82) is 0 Å². The highest BCUT2D eigenvalue weighted by Gasteiger charge is 2.29. The molecule has 31 heavy (non-hydrogen) atoms. The highest BCUT2D eigenvalue weighted by molar-refractivity contribution is 6.35. The first-order valence-electron chi connectivity index (χ1n) is 10.4. The average Bonchev–Trinajstić information content (AvgIpc) is 2.69. The van der Waals surface area contributed by atoms with Crippen LogP contribution >= 0.6 is 23.2 Å². The van der Waals surface area contributed by atoms with Crippen LogP contribution in [0.3, 0.4) is 0 Å². The number of nitrogens with zero attached hydrogens (tertiary/aromatic N) is 1. The van der Waals surface area contributed by atoms with Crippen LogP contribution in [0.5, 0.6) is 5.75 Å². The summed E-state index contributed by atoms with van der Waals surface area (Å²) in [4.78, 5) is 27.6. The molecule has 1 N–H and O–H groups in total. The van der Waals surface area contributed by atoms with Crippen LogP contribution in [0.2, 0.25) is 10.0 Å². The third-order valence-corrected chi connectivity index (χ3v) is 5.67. The minimum absolute atomic E-state index is 0.0381. The highest BCUT2D eigenvalue weighted by Crippen LogP contribution is 2.25. The minimum Gasteiger partial charge on any atom is -0.483 e. The number of amides is 2. The van der Waals surface area contributed by atoms with Gasteiger partial charge in [0, 0.05) is 22.6 Å². The molecule has 0 aliphatic heterocycles. The normalized spacial score (nSPS) is 11.9. The van der Waals surface area contributed by atoms with Gasteiger partial charge in [-0.2, -0.15) is 0 Å². The van der Waals surface area contributed by atoms with E-state index in [0.29, 0.717) is 27.8 Å². The minimum atomic E-state index is -0.649. The summed E-state index contributed by atoms with van der Waals surface area (Å²) >= 11 is 12.4. The van der Waals surface area contributed by atoms with Crippen LogP contribution < -0.4 is 10.1 Å². The van der Waals surface area contributed by atoms with E-state index < -0.39 is 6.04 Å². The molecule has 0 aliphatic carbocycles. The molecular weight excluding hydrogens is 435 g/mol. The molecule has 1 atom stereocenters. The van der Waals surface area contributed by atoms with Crippen molar-refractivity contribution in [1.82, 2.24) is 10.2 Å². The maximum absolute atomic E-state index is 13.2. The molecule has 0 aliphatic rings. The molecule has 0 aromatic heterocycles. The molecule has 2 aromatic rings. The fourth-order valence-corrected chi connectivity index (χ4v) is 3.70. The lowest BCUT2D eigenvalue weighted by molar-refractivity contribution is -0.143. The van der Waals surface area contributed by atoms with Crippen molar-refractivity contribution in [2.24, 2.45) is 0 Å². The first-order chi connectivity index (χ1) is 14.6. The number of rotatable bonds is 9. The molecule has 7 heteroatoms. The lowest BCUT2D eigenvalue weighted by Crippen LogP contribution is -2.51. The summed E-state index contributed by atoms with van der Waals surface area (Å²) in [5, 5.41) is 3.85. The number of nitrogens with one attached hydrogen (secondary N) is 1. The Balaban J connectivity index is 2.29. The molecule has 0 heterocycles. The summed E-state index contributed by atoms with van der Waals surface area (Å²) in [5.41, 5.74) is 2.77. The second kappa shape index (κ2) is 11.4. The van der Waals surface area contributed by atoms with Gasteiger partial charge < -0.3 is 15.0 Å². The van der Waals surface area contributed by atoms with Gasteiger partial charge in [0.15, 0.2) is 6.61 Å². The van der Waals surface area contributed by atoms with E-state index in [2.05, 4.69) is 5.32 Å². The Labute approximate surface area is 194 Å². The van der Waals surface area contributed by atoms with E-state index in [1.165, 1.54) is 4.90 Å². The third kappa shape index (κ3) is 6.88. The van der Waals surface area contributed by atoms with Gasteiger partial charge in [-0.15, -0.1) is 0 Å². The van der Waals surface area contributed by atoms with Crippen molar-refractivity contribution >= 4 is 35.0 Å². The zero-order valence-corrected chi connectivity index (χ0v) is 20.2. The van der Waals surface area contributed by atoms with Crippen LogP contribution in [0.25, 0.3) is 0 Å². The average molecular weight is 465 g/mol. The van der Waals surface area contributed by atoms with E-state index in [1.807, 2.05) is 52.8 Å². The number of carbonyl (C=O) groups excluding carboxylic acids is 2. The first-order valence-corrected chi connectivity index (χ1v) is 11.1. The van der Waals surface area contributed by atoms with Gasteiger partial charge in [0.2, 0.25) is 5.91 Å². The van der Waals surface area contributed by atoms with E-state index in [0.717, 1.165) is 11.1 Å². The smallest absolute Gasteiger partial charge is 0.261 e. The first kappa shape index (κ1) is 25.0. The molecular formula is C24H30Cl2N2O3. The number of hydrogen-bond donors (Lipinski definition) is 1. The molecule has 0 unspecified atom stereocenters. The predicted octanol–water partition coefficient (Wildman–Crippen LogP) is 5.32. The standard InChI is InChI=1S/C24H30Cl2N2O3/c1-6-21(24(30)27-15(2)3)28(13-18-10-11-19(25)12-20(18)26)23(29)14-31-22-9-7-8-16(4)17(22)5/h7-12,15,21H,6,13-14H2,1-5H3,(H,27,30)/t21-/m1/s1. The highest BCUT2D eigenvalue weighted by atomic mass is 35.5. The molecule has 5 nitrogen and oxygen atoms in total. The Bertz CT molecular complexity index is 931. The number of halogens is 2. The largest absolute Gasteiger partial charge is 0.483 e. The lowest BCUT2D eigenvalue weighted by atomic mass is 10.1. The van der Waals surface area contributed by atoms with E-state index >= 15 is 0 Å². The summed E-state index contributed by atoms with van der Waals surface area (Å²) in [6.45, 7) is 9.58. The predicted molar refractivity (Wildman–Crippen MR) is 126 cm³/mol. The summed E-state index contributed by atoms with van der Waals surface area (Å²) in [5.74, 6) is 0.151. The summed E-state index contributed by atoms with van der Waals surface area (Å²) < 4.78 is 5.83. The van der Waals surface area contributed by atoms with Gasteiger partial charge in [-0.05, 0) is 69.0 Å². The SMILES string of the molecule is CC[C@H](C(=O)NC(C)C)N(Cc1ccc(Cl)cc1Cl)C(=O)COc1cccc(C)c1C. The Morgan fingerprint density at radius 1 is 1.13 bits per heavy atom. The molecule has 0 bridgehead atoms. The zero-order valence-electron chi connectivity index (χ0n) is 18.7.